The molecule has 0 aromatic heterocycles. The standard InChI is InChI=1S/C13H27NO3/c1-6-17-12-7-11(13(12,2)3)14(4)8-10(15)9-16-5/h10-12,15H,6-9H2,1-5H3. The average Bonchev–Trinajstić information content (AvgIpc) is 2.23. The first-order valence-corrected chi connectivity index (χ1v) is 6.42. The third-order valence-electron chi connectivity index (χ3n) is 3.88. The van der Waals surface area contributed by atoms with Crippen molar-refractivity contribution in [3.8, 4) is 0 Å². The fourth-order valence-corrected chi connectivity index (χ4v) is 2.80. The molecular weight excluding hydrogens is 218 g/mol. The van der Waals surface area contributed by atoms with E-state index in [1.54, 1.807) is 7.11 Å². The second-order valence-corrected chi connectivity index (χ2v) is 5.57. The maximum Gasteiger partial charge on any atom is 0.0900 e. The van der Waals surface area contributed by atoms with Crippen molar-refractivity contribution in [2.24, 2.45) is 5.41 Å². The lowest BCUT2D eigenvalue weighted by molar-refractivity contribution is -0.150. The molecule has 4 heteroatoms. The molecule has 1 aliphatic carbocycles. The number of methoxy groups -OCH3 is 1. The molecule has 1 rings (SSSR count). The van der Waals surface area contributed by atoms with E-state index in [9.17, 15) is 5.11 Å². The molecule has 1 saturated carbocycles. The minimum Gasteiger partial charge on any atom is -0.389 e. The molecular formula is C13H27NO3. The van der Waals surface area contributed by atoms with Crippen molar-refractivity contribution in [1.29, 1.82) is 0 Å². The number of nitrogens with zero attached hydrogens (tertiary/aromatic N) is 1. The van der Waals surface area contributed by atoms with E-state index in [0.717, 1.165) is 13.0 Å². The summed E-state index contributed by atoms with van der Waals surface area (Å²) in [6, 6.07) is 0.477. The highest BCUT2D eigenvalue weighted by atomic mass is 16.5. The molecule has 102 valence electrons. The first-order chi connectivity index (χ1) is 7.93. The van der Waals surface area contributed by atoms with Crippen molar-refractivity contribution in [2.45, 2.75) is 45.4 Å². The van der Waals surface area contributed by atoms with Gasteiger partial charge in [-0.05, 0) is 20.4 Å². The van der Waals surface area contributed by atoms with Gasteiger partial charge in [-0.3, -0.25) is 0 Å². The molecule has 0 amide bonds. The lowest BCUT2D eigenvalue weighted by Crippen LogP contribution is -2.62. The number of aliphatic hydroxyl groups is 1. The number of hydrogen-bond acceptors (Lipinski definition) is 4. The minimum absolute atomic E-state index is 0.164. The molecule has 0 aromatic rings. The van der Waals surface area contributed by atoms with Gasteiger partial charge in [-0.15, -0.1) is 0 Å². The SMILES string of the molecule is CCOC1CC(N(C)CC(O)COC)C1(C)C. The summed E-state index contributed by atoms with van der Waals surface area (Å²) in [5.74, 6) is 0. The van der Waals surface area contributed by atoms with Crippen LogP contribution >= 0.6 is 0 Å². The smallest absolute Gasteiger partial charge is 0.0900 e. The maximum atomic E-state index is 9.73. The van der Waals surface area contributed by atoms with Crippen LogP contribution in [0.25, 0.3) is 0 Å². The van der Waals surface area contributed by atoms with Crippen LogP contribution in [-0.4, -0.2) is 62.2 Å². The van der Waals surface area contributed by atoms with Crippen molar-refractivity contribution in [1.82, 2.24) is 4.90 Å². The molecule has 1 aliphatic rings. The molecule has 0 spiro atoms. The summed E-state index contributed by atoms with van der Waals surface area (Å²) >= 11 is 0. The second kappa shape index (κ2) is 6.14. The highest BCUT2D eigenvalue weighted by molar-refractivity contribution is 5.03. The van der Waals surface area contributed by atoms with E-state index in [1.807, 2.05) is 6.92 Å². The van der Waals surface area contributed by atoms with Gasteiger partial charge in [0, 0.05) is 31.7 Å². The predicted octanol–water partition coefficient (Wildman–Crippen LogP) is 1.13. The van der Waals surface area contributed by atoms with Crippen LogP contribution in [0.15, 0.2) is 0 Å². The molecule has 3 unspecified atom stereocenters. The molecule has 0 bridgehead atoms. The number of hydrogen-bond donors (Lipinski definition) is 1. The van der Waals surface area contributed by atoms with E-state index in [0.29, 0.717) is 25.3 Å². The number of likely N-dealkylation sites (N-methyl/N-ethyl adjacent to an activating group) is 1. The molecule has 0 radical (unpaired) electrons. The fourth-order valence-electron chi connectivity index (χ4n) is 2.80. The Labute approximate surface area is 105 Å². The second-order valence-electron chi connectivity index (χ2n) is 5.57. The van der Waals surface area contributed by atoms with E-state index in [4.69, 9.17) is 9.47 Å². The molecule has 0 heterocycles. The molecule has 0 aliphatic heterocycles. The normalized spacial score (nSPS) is 29.1. The highest BCUT2D eigenvalue weighted by Gasteiger charge is 2.50. The zero-order valence-electron chi connectivity index (χ0n) is 11.8. The highest BCUT2D eigenvalue weighted by Crippen LogP contribution is 2.45. The molecule has 1 N–H and O–H groups in total. The van der Waals surface area contributed by atoms with Crippen LogP contribution in [0, 0.1) is 5.41 Å². The van der Waals surface area contributed by atoms with Gasteiger partial charge < -0.3 is 19.5 Å². The van der Waals surface area contributed by atoms with Crippen LogP contribution in [0.4, 0.5) is 0 Å². The molecule has 4 nitrogen and oxygen atoms in total. The Kier molecular flexibility index (Phi) is 5.38. The summed E-state index contributed by atoms with van der Waals surface area (Å²) in [5, 5.41) is 9.73. The Hall–Kier alpha value is -0.160. The third kappa shape index (κ3) is 3.41. The molecule has 3 atom stereocenters. The van der Waals surface area contributed by atoms with Crippen molar-refractivity contribution in [3.05, 3.63) is 0 Å². The van der Waals surface area contributed by atoms with Crippen LogP contribution in [-0.2, 0) is 9.47 Å². The topological polar surface area (TPSA) is 41.9 Å². The fraction of sp³-hybridized carbons (Fsp3) is 1.00. The summed E-state index contributed by atoms with van der Waals surface area (Å²) in [5.41, 5.74) is 0.164. The first-order valence-electron chi connectivity index (χ1n) is 6.42. The monoisotopic (exact) mass is 245 g/mol. The Morgan fingerprint density at radius 2 is 2.12 bits per heavy atom. The molecule has 0 aromatic carbocycles. The summed E-state index contributed by atoms with van der Waals surface area (Å²) in [4.78, 5) is 2.22. The van der Waals surface area contributed by atoms with Crippen LogP contribution < -0.4 is 0 Å². The van der Waals surface area contributed by atoms with Gasteiger partial charge in [-0.2, -0.15) is 0 Å². The van der Waals surface area contributed by atoms with Crippen molar-refractivity contribution < 1.29 is 14.6 Å². The molecule has 0 saturated heterocycles. The Morgan fingerprint density at radius 1 is 1.47 bits per heavy atom. The van der Waals surface area contributed by atoms with Gasteiger partial charge in [-0.25, -0.2) is 0 Å². The number of rotatable bonds is 7. The maximum absolute atomic E-state index is 9.73. The third-order valence-corrected chi connectivity index (χ3v) is 3.88. The molecule has 17 heavy (non-hydrogen) atoms. The Bertz CT molecular complexity index is 233. The minimum atomic E-state index is -0.410. The lowest BCUT2D eigenvalue weighted by Gasteiger charge is -2.55. The van der Waals surface area contributed by atoms with Crippen LogP contribution in [0.1, 0.15) is 27.2 Å². The van der Waals surface area contributed by atoms with Crippen molar-refractivity contribution in [2.75, 3.05) is 33.9 Å². The van der Waals surface area contributed by atoms with Crippen LogP contribution in [0.5, 0.6) is 0 Å². The van der Waals surface area contributed by atoms with E-state index in [1.165, 1.54) is 0 Å². The average molecular weight is 245 g/mol. The van der Waals surface area contributed by atoms with Gasteiger partial charge in [0.15, 0.2) is 0 Å². The van der Waals surface area contributed by atoms with Gasteiger partial charge in [0.2, 0.25) is 0 Å². The quantitative estimate of drug-likeness (QED) is 0.730. The van der Waals surface area contributed by atoms with Crippen molar-refractivity contribution >= 4 is 0 Å². The van der Waals surface area contributed by atoms with Crippen molar-refractivity contribution in [3.63, 3.8) is 0 Å². The Balaban J connectivity index is 2.42. The van der Waals surface area contributed by atoms with E-state index in [2.05, 4.69) is 25.8 Å². The molecule has 1 fully saturated rings. The lowest BCUT2D eigenvalue weighted by atomic mass is 9.64. The summed E-state index contributed by atoms with van der Waals surface area (Å²) in [6.07, 6.45) is 0.989. The van der Waals surface area contributed by atoms with E-state index in [-0.39, 0.29) is 5.41 Å². The van der Waals surface area contributed by atoms with Gasteiger partial charge in [0.25, 0.3) is 0 Å². The number of ether oxygens (including phenoxy) is 2. The predicted molar refractivity (Wildman–Crippen MR) is 68.1 cm³/mol. The van der Waals surface area contributed by atoms with Gasteiger partial charge in [-0.1, -0.05) is 13.8 Å². The van der Waals surface area contributed by atoms with Crippen LogP contribution in [0.2, 0.25) is 0 Å². The summed E-state index contributed by atoms with van der Waals surface area (Å²) in [7, 11) is 3.68. The Morgan fingerprint density at radius 3 is 2.59 bits per heavy atom. The summed E-state index contributed by atoms with van der Waals surface area (Å²) in [6.45, 7) is 8.33. The summed E-state index contributed by atoms with van der Waals surface area (Å²) < 4.78 is 10.7. The number of aliphatic hydroxyl groups excluding tert-OH is 1. The van der Waals surface area contributed by atoms with Gasteiger partial charge >= 0.3 is 0 Å². The first kappa shape index (κ1) is 14.9. The largest absolute Gasteiger partial charge is 0.389 e. The van der Waals surface area contributed by atoms with E-state index < -0.39 is 6.10 Å². The van der Waals surface area contributed by atoms with Gasteiger partial charge in [0.1, 0.15) is 0 Å². The van der Waals surface area contributed by atoms with Gasteiger partial charge in [0.05, 0.1) is 18.8 Å². The van der Waals surface area contributed by atoms with E-state index >= 15 is 0 Å². The van der Waals surface area contributed by atoms with Crippen LogP contribution in [0.3, 0.4) is 0 Å². The zero-order chi connectivity index (χ0) is 13.1. The zero-order valence-corrected chi connectivity index (χ0v) is 11.8.